The molecule has 26 heavy (non-hydrogen) atoms. The summed E-state index contributed by atoms with van der Waals surface area (Å²) in [5.41, 5.74) is 1.22. The number of hydrogen-bond acceptors (Lipinski definition) is 5. The molecule has 0 spiro atoms. The molecule has 2 aliphatic rings. The monoisotopic (exact) mass is 376 g/mol. The lowest BCUT2D eigenvalue weighted by molar-refractivity contribution is 0.178. The quantitative estimate of drug-likeness (QED) is 0.768. The average Bonchev–Trinajstić information content (AvgIpc) is 3.41. The third kappa shape index (κ3) is 3.49. The van der Waals surface area contributed by atoms with Crippen LogP contribution in [0.5, 0.6) is 5.75 Å². The molecule has 140 valence electrons. The van der Waals surface area contributed by atoms with Crippen molar-refractivity contribution in [3.8, 4) is 5.75 Å². The number of rotatable bonds is 6. The number of ether oxygens (including phenoxy) is 1. The van der Waals surface area contributed by atoms with E-state index in [1.54, 1.807) is 35.7 Å². The molecule has 0 radical (unpaired) electrons. The van der Waals surface area contributed by atoms with Crippen molar-refractivity contribution >= 4 is 10.0 Å². The zero-order valence-electron chi connectivity index (χ0n) is 14.9. The molecule has 4 rings (SSSR count). The Morgan fingerprint density at radius 2 is 1.81 bits per heavy atom. The second-order valence-electron chi connectivity index (χ2n) is 6.88. The van der Waals surface area contributed by atoms with Gasteiger partial charge in [0, 0.05) is 45.0 Å². The van der Waals surface area contributed by atoms with Crippen LogP contribution in [0, 0.1) is 0 Å². The molecule has 1 saturated heterocycles. The second-order valence-corrected chi connectivity index (χ2v) is 8.82. The van der Waals surface area contributed by atoms with Crippen LogP contribution in [0.3, 0.4) is 0 Å². The molecule has 0 unspecified atom stereocenters. The van der Waals surface area contributed by atoms with Gasteiger partial charge in [-0.2, -0.15) is 4.31 Å². The van der Waals surface area contributed by atoms with Crippen LogP contribution in [0.2, 0.25) is 0 Å². The van der Waals surface area contributed by atoms with Crippen molar-refractivity contribution in [2.24, 2.45) is 0 Å². The first-order chi connectivity index (χ1) is 12.6. The van der Waals surface area contributed by atoms with Gasteiger partial charge in [0.15, 0.2) is 0 Å². The summed E-state index contributed by atoms with van der Waals surface area (Å²) in [6.07, 6.45) is 6.31. The van der Waals surface area contributed by atoms with Crippen LogP contribution in [-0.4, -0.2) is 60.5 Å². The molecule has 1 aromatic heterocycles. The fourth-order valence-corrected chi connectivity index (χ4v) is 4.81. The number of hydrogen-bond donors (Lipinski definition) is 0. The second kappa shape index (κ2) is 7.02. The number of aromatic nitrogens is 2. The number of sulfonamides is 1. The van der Waals surface area contributed by atoms with Crippen molar-refractivity contribution in [3.05, 3.63) is 42.5 Å². The van der Waals surface area contributed by atoms with E-state index in [0.717, 1.165) is 19.6 Å². The van der Waals surface area contributed by atoms with E-state index in [1.165, 1.54) is 18.5 Å². The van der Waals surface area contributed by atoms with E-state index < -0.39 is 10.0 Å². The molecule has 2 heterocycles. The first-order valence-corrected chi connectivity index (χ1v) is 10.4. The highest BCUT2D eigenvalue weighted by atomic mass is 32.2. The zero-order chi connectivity index (χ0) is 18.1. The standard InChI is InChI=1S/C18H24N4O3S/c1-25-17-4-6-18(7-5-17)26(23,24)21-10-8-20(9-11-21)13-16-12-19-14-22(16)15-2-3-15/h4-7,12,14-15H,2-3,8-11,13H2,1H3. The maximum Gasteiger partial charge on any atom is 0.243 e. The maximum atomic E-state index is 12.8. The molecular weight excluding hydrogens is 352 g/mol. The van der Waals surface area contributed by atoms with Crippen molar-refractivity contribution in [2.45, 2.75) is 30.3 Å². The maximum absolute atomic E-state index is 12.8. The van der Waals surface area contributed by atoms with Crippen molar-refractivity contribution < 1.29 is 13.2 Å². The van der Waals surface area contributed by atoms with Gasteiger partial charge >= 0.3 is 0 Å². The topological polar surface area (TPSA) is 67.7 Å². The van der Waals surface area contributed by atoms with Gasteiger partial charge in [0.1, 0.15) is 5.75 Å². The van der Waals surface area contributed by atoms with Gasteiger partial charge in [-0.15, -0.1) is 0 Å². The van der Waals surface area contributed by atoms with Gasteiger partial charge in [-0.3, -0.25) is 4.90 Å². The predicted molar refractivity (Wildman–Crippen MR) is 97.5 cm³/mol. The lowest BCUT2D eigenvalue weighted by atomic mass is 10.3. The van der Waals surface area contributed by atoms with Gasteiger partial charge in [0.2, 0.25) is 10.0 Å². The van der Waals surface area contributed by atoms with Crippen molar-refractivity contribution in [1.82, 2.24) is 18.8 Å². The van der Waals surface area contributed by atoms with Gasteiger partial charge in [-0.05, 0) is 37.1 Å². The molecule has 0 amide bonds. The molecule has 2 aromatic rings. The molecule has 1 saturated carbocycles. The Hall–Kier alpha value is -1.90. The first-order valence-electron chi connectivity index (χ1n) is 8.95. The SMILES string of the molecule is COc1ccc(S(=O)(=O)N2CCN(Cc3cncn3C3CC3)CC2)cc1. The Bertz CT molecular complexity index is 851. The van der Waals surface area contributed by atoms with Gasteiger partial charge in [0.25, 0.3) is 0 Å². The zero-order valence-corrected chi connectivity index (χ0v) is 15.7. The minimum Gasteiger partial charge on any atom is -0.497 e. The summed E-state index contributed by atoms with van der Waals surface area (Å²) < 4.78 is 34.6. The largest absolute Gasteiger partial charge is 0.497 e. The predicted octanol–water partition coefficient (Wildman–Crippen LogP) is 1.73. The van der Waals surface area contributed by atoms with Crippen LogP contribution in [0.25, 0.3) is 0 Å². The fraction of sp³-hybridized carbons (Fsp3) is 0.500. The Morgan fingerprint density at radius 3 is 2.42 bits per heavy atom. The molecule has 0 atom stereocenters. The smallest absolute Gasteiger partial charge is 0.243 e. The van der Waals surface area contributed by atoms with E-state index in [-0.39, 0.29) is 0 Å². The van der Waals surface area contributed by atoms with Gasteiger partial charge in [-0.1, -0.05) is 0 Å². The summed E-state index contributed by atoms with van der Waals surface area (Å²) in [5.74, 6) is 0.654. The summed E-state index contributed by atoms with van der Waals surface area (Å²) in [4.78, 5) is 6.90. The molecule has 0 N–H and O–H groups in total. The van der Waals surface area contributed by atoms with Crippen LogP contribution in [0.1, 0.15) is 24.6 Å². The number of piperazine rings is 1. The Morgan fingerprint density at radius 1 is 1.12 bits per heavy atom. The summed E-state index contributed by atoms with van der Waals surface area (Å²) >= 11 is 0. The molecule has 0 bridgehead atoms. The minimum atomic E-state index is -3.45. The van der Waals surface area contributed by atoms with Crippen LogP contribution in [0.15, 0.2) is 41.7 Å². The van der Waals surface area contributed by atoms with Crippen LogP contribution in [-0.2, 0) is 16.6 Å². The van der Waals surface area contributed by atoms with Crippen molar-refractivity contribution in [1.29, 1.82) is 0 Å². The number of nitrogens with zero attached hydrogens (tertiary/aromatic N) is 4. The lowest BCUT2D eigenvalue weighted by Gasteiger charge is -2.34. The highest BCUT2D eigenvalue weighted by Gasteiger charge is 2.30. The Kier molecular flexibility index (Phi) is 4.73. The van der Waals surface area contributed by atoms with Crippen molar-refractivity contribution in [2.75, 3.05) is 33.3 Å². The summed E-state index contributed by atoms with van der Waals surface area (Å²) in [6.45, 7) is 3.29. The molecule has 8 heteroatoms. The normalized spacial score (nSPS) is 19.6. The number of imidazole rings is 1. The molecular formula is C18H24N4O3S. The van der Waals surface area contributed by atoms with E-state index in [1.807, 2.05) is 12.5 Å². The summed E-state index contributed by atoms with van der Waals surface area (Å²) in [6, 6.07) is 7.19. The van der Waals surface area contributed by atoms with Gasteiger partial charge < -0.3 is 9.30 Å². The van der Waals surface area contributed by atoms with Gasteiger partial charge in [-0.25, -0.2) is 13.4 Å². The Labute approximate surface area is 154 Å². The number of benzene rings is 1. The van der Waals surface area contributed by atoms with Gasteiger partial charge in [0.05, 0.1) is 24.0 Å². The third-order valence-corrected chi connectivity index (χ3v) is 7.01. The highest BCUT2D eigenvalue weighted by molar-refractivity contribution is 7.89. The van der Waals surface area contributed by atoms with E-state index >= 15 is 0 Å². The molecule has 1 aliphatic heterocycles. The minimum absolute atomic E-state index is 0.318. The van der Waals surface area contributed by atoms with E-state index in [4.69, 9.17) is 4.74 Å². The summed E-state index contributed by atoms with van der Waals surface area (Å²) in [7, 11) is -1.88. The fourth-order valence-electron chi connectivity index (χ4n) is 3.39. The lowest BCUT2D eigenvalue weighted by Crippen LogP contribution is -2.48. The molecule has 7 nitrogen and oxygen atoms in total. The van der Waals surface area contributed by atoms with Crippen molar-refractivity contribution in [3.63, 3.8) is 0 Å². The first kappa shape index (κ1) is 17.5. The van der Waals surface area contributed by atoms with Crippen LogP contribution >= 0.6 is 0 Å². The van der Waals surface area contributed by atoms with Crippen LogP contribution in [0.4, 0.5) is 0 Å². The average molecular weight is 376 g/mol. The van der Waals surface area contributed by atoms with Crippen LogP contribution < -0.4 is 4.74 Å². The third-order valence-electron chi connectivity index (χ3n) is 5.10. The molecule has 1 aliphatic carbocycles. The highest BCUT2D eigenvalue weighted by Crippen LogP contribution is 2.35. The van der Waals surface area contributed by atoms with E-state index in [2.05, 4.69) is 14.5 Å². The number of methoxy groups -OCH3 is 1. The summed E-state index contributed by atoms with van der Waals surface area (Å²) in [5, 5.41) is 0. The van der Waals surface area contributed by atoms with E-state index in [9.17, 15) is 8.42 Å². The molecule has 1 aromatic carbocycles. The molecule has 2 fully saturated rings. The Balaban J connectivity index is 1.38. The van der Waals surface area contributed by atoms with E-state index in [0.29, 0.717) is 29.8 Å².